The summed E-state index contributed by atoms with van der Waals surface area (Å²) in [4.78, 5) is 24.7. The van der Waals surface area contributed by atoms with Gasteiger partial charge in [-0.15, -0.1) is 0 Å². The van der Waals surface area contributed by atoms with Crippen LogP contribution in [0.25, 0.3) is 0 Å². The molecular formula is C12H14N2O2. The molecule has 1 aromatic rings. The molecule has 0 radical (unpaired) electrons. The molecule has 3 amide bonds. The van der Waals surface area contributed by atoms with Crippen molar-refractivity contribution in [1.82, 2.24) is 5.32 Å². The summed E-state index contributed by atoms with van der Waals surface area (Å²) < 4.78 is 0. The summed E-state index contributed by atoms with van der Waals surface area (Å²) in [5.74, 6) is -0.151. The molecule has 1 atom stereocenters. The molecule has 16 heavy (non-hydrogen) atoms. The van der Waals surface area contributed by atoms with E-state index in [1.165, 1.54) is 4.90 Å². The van der Waals surface area contributed by atoms with Gasteiger partial charge < -0.3 is 5.32 Å². The van der Waals surface area contributed by atoms with Gasteiger partial charge >= 0.3 is 6.03 Å². The third-order valence-corrected chi connectivity index (χ3v) is 2.56. The molecule has 0 saturated carbocycles. The van der Waals surface area contributed by atoms with Gasteiger partial charge in [-0.2, -0.15) is 0 Å². The largest absolute Gasteiger partial charge is 0.334 e. The van der Waals surface area contributed by atoms with Crippen molar-refractivity contribution in [2.75, 3.05) is 4.90 Å². The Hall–Kier alpha value is -1.84. The fourth-order valence-corrected chi connectivity index (χ4v) is 1.82. The van der Waals surface area contributed by atoms with E-state index in [1.54, 1.807) is 6.07 Å². The molecule has 1 unspecified atom stereocenters. The van der Waals surface area contributed by atoms with Crippen molar-refractivity contribution in [2.45, 2.75) is 26.3 Å². The van der Waals surface area contributed by atoms with E-state index in [9.17, 15) is 9.59 Å². The van der Waals surface area contributed by atoms with Crippen molar-refractivity contribution in [3.8, 4) is 0 Å². The molecule has 0 aromatic heterocycles. The van der Waals surface area contributed by atoms with Gasteiger partial charge in [-0.25, -0.2) is 9.69 Å². The third kappa shape index (κ3) is 1.91. The van der Waals surface area contributed by atoms with Gasteiger partial charge in [0.2, 0.25) is 5.91 Å². The van der Waals surface area contributed by atoms with Crippen LogP contribution < -0.4 is 10.2 Å². The van der Waals surface area contributed by atoms with E-state index >= 15 is 0 Å². The normalized spacial score (nSPS) is 20.9. The van der Waals surface area contributed by atoms with Gasteiger partial charge in [0.15, 0.2) is 0 Å². The SMILES string of the molecule is Cc1cccc(N2C(=O)CC(C)NC2=O)c1. The lowest BCUT2D eigenvalue weighted by Gasteiger charge is -2.29. The minimum atomic E-state index is -0.339. The highest BCUT2D eigenvalue weighted by Gasteiger charge is 2.30. The van der Waals surface area contributed by atoms with E-state index in [0.717, 1.165) is 5.56 Å². The third-order valence-electron chi connectivity index (χ3n) is 2.56. The fourth-order valence-electron chi connectivity index (χ4n) is 1.82. The molecule has 0 aliphatic carbocycles. The minimum absolute atomic E-state index is 0.0824. The Balaban J connectivity index is 2.33. The fraction of sp³-hybridized carbons (Fsp3) is 0.333. The summed E-state index contributed by atoms with van der Waals surface area (Å²) in [7, 11) is 0. The van der Waals surface area contributed by atoms with Gasteiger partial charge in [0.05, 0.1) is 5.69 Å². The number of nitrogens with zero attached hydrogens (tertiary/aromatic N) is 1. The molecule has 1 saturated heterocycles. The Morgan fingerprint density at radius 3 is 2.75 bits per heavy atom. The van der Waals surface area contributed by atoms with E-state index in [0.29, 0.717) is 12.1 Å². The first-order valence-corrected chi connectivity index (χ1v) is 5.28. The van der Waals surface area contributed by atoms with E-state index < -0.39 is 0 Å². The van der Waals surface area contributed by atoms with Crippen LogP contribution in [0.3, 0.4) is 0 Å². The Kier molecular flexibility index (Phi) is 2.64. The smallest absolute Gasteiger partial charge is 0.328 e. The Morgan fingerprint density at radius 1 is 1.38 bits per heavy atom. The molecule has 4 heteroatoms. The number of aryl methyl sites for hydroxylation is 1. The second-order valence-corrected chi connectivity index (χ2v) is 4.12. The molecule has 1 fully saturated rings. The maximum Gasteiger partial charge on any atom is 0.328 e. The molecule has 1 aliphatic rings. The first-order valence-electron chi connectivity index (χ1n) is 5.28. The van der Waals surface area contributed by atoms with Crippen molar-refractivity contribution in [3.05, 3.63) is 29.8 Å². The first kappa shape index (κ1) is 10.7. The lowest BCUT2D eigenvalue weighted by Crippen LogP contribution is -2.54. The number of imide groups is 1. The van der Waals surface area contributed by atoms with Gasteiger partial charge in [0.1, 0.15) is 0 Å². The standard InChI is InChI=1S/C12H14N2O2/c1-8-4-3-5-10(6-8)14-11(15)7-9(2)13-12(14)16/h3-6,9H,7H2,1-2H3,(H,13,16). The number of anilines is 1. The number of amides is 3. The van der Waals surface area contributed by atoms with Gasteiger partial charge in [-0.1, -0.05) is 12.1 Å². The number of hydrogen-bond acceptors (Lipinski definition) is 2. The van der Waals surface area contributed by atoms with Crippen LogP contribution >= 0.6 is 0 Å². The van der Waals surface area contributed by atoms with Crippen molar-refractivity contribution >= 4 is 17.6 Å². The highest BCUT2D eigenvalue weighted by molar-refractivity contribution is 6.16. The zero-order chi connectivity index (χ0) is 11.7. The van der Waals surface area contributed by atoms with Crippen LogP contribution in [0.2, 0.25) is 0 Å². The predicted octanol–water partition coefficient (Wildman–Crippen LogP) is 1.83. The van der Waals surface area contributed by atoms with E-state index in [-0.39, 0.29) is 18.0 Å². The molecule has 2 rings (SSSR count). The lowest BCUT2D eigenvalue weighted by molar-refractivity contribution is -0.118. The van der Waals surface area contributed by atoms with E-state index in [1.807, 2.05) is 32.0 Å². The Morgan fingerprint density at radius 2 is 2.12 bits per heavy atom. The molecular weight excluding hydrogens is 204 g/mol. The number of nitrogens with one attached hydrogen (secondary N) is 1. The maximum absolute atomic E-state index is 11.8. The molecule has 0 spiro atoms. The summed E-state index contributed by atoms with van der Waals surface area (Å²) in [5, 5.41) is 2.74. The highest BCUT2D eigenvalue weighted by Crippen LogP contribution is 2.20. The molecule has 84 valence electrons. The van der Waals surface area contributed by atoms with E-state index in [4.69, 9.17) is 0 Å². The van der Waals surface area contributed by atoms with Crippen LogP contribution in [-0.4, -0.2) is 18.0 Å². The lowest BCUT2D eigenvalue weighted by atomic mass is 10.1. The van der Waals surface area contributed by atoms with Crippen LogP contribution in [0.5, 0.6) is 0 Å². The van der Waals surface area contributed by atoms with Crippen LogP contribution in [0, 0.1) is 6.92 Å². The van der Waals surface area contributed by atoms with Crippen LogP contribution in [0.1, 0.15) is 18.9 Å². The summed E-state index contributed by atoms with van der Waals surface area (Å²) >= 11 is 0. The van der Waals surface area contributed by atoms with Crippen molar-refractivity contribution in [1.29, 1.82) is 0 Å². The molecule has 4 nitrogen and oxygen atoms in total. The summed E-state index contributed by atoms with van der Waals surface area (Å²) in [6.45, 7) is 3.75. The molecule has 1 heterocycles. The average Bonchev–Trinajstić information content (AvgIpc) is 2.15. The first-order chi connectivity index (χ1) is 7.58. The zero-order valence-corrected chi connectivity index (χ0v) is 9.36. The number of urea groups is 1. The predicted molar refractivity (Wildman–Crippen MR) is 61.3 cm³/mol. The number of rotatable bonds is 1. The van der Waals surface area contributed by atoms with Crippen molar-refractivity contribution in [2.24, 2.45) is 0 Å². The molecule has 0 bridgehead atoms. The number of hydrogen-bond donors (Lipinski definition) is 1. The second-order valence-electron chi connectivity index (χ2n) is 4.12. The highest BCUT2D eigenvalue weighted by atomic mass is 16.2. The summed E-state index contributed by atoms with van der Waals surface area (Å²) in [6, 6.07) is 6.94. The van der Waals surface area contributed by atoms with Crippen molar-refractivity contribution in [3.63, 3.8) is 0 Å². The molecule has 1 aromatic carbocycles. The summed E-state index contributed by atoms with van der Waals surface area (Å²) in [6.07, 6.45) is 0.347. The topological polar surface area (TPSA) is 49.4 Å². The maximum atomic E-state index is 11.8. The number of benzene rings is 1. The average molecular weight is 218 g/mol. The molecule has 1 N–H and O–H groups in total. The monoisotopic (exact) mass is 218 g/mol. The minimum Gasteiger partial charge on any atom is -0.334 e. The van der Waals surface area contributed by atoms with Crippen LogP contribution in [0.4, 0.5) is 10.5 Å². The van der Waals surface area contributed by atoms with Gasteiger partial charge in [-0.3, -0.25) is 4.79 Å². The number of carbonyl (C=O) groups excluding carboxylic acids is 2. The Labute approximate surface area is 94.2 Å². The van der Waals surface area contributed by atoms with Gasteiger partial charge in [-0.05, 0) is 31.5 Å². The summed E-state index contributed by atoms with van der Waals surface area (Å²) in [5.41, 5.74) is 1.66. The Bertz CT molecular complexity index is 424. The molecule has 1 aliphatic heterocycles. The van der Waals surface area contributed by atoms with Crippen LogP contribution in [0.15, 0.2) is 24.3 Å². The van der Waals surface area contributed by atoms with E-state index in [2.05, 4.69) is 5.32 Å². The van der Waals surface area contributed by atoms with Crippen molar-refractivity contribution < 1.29 is 9.59 Å². The zero-order valence-electron chi connectivity index (χ0n) is 9.36. The van der Waals surface area contributed by atoms with Crippen LogP contribution in [-0.2, 0) is 4.79 Å². The quantitative estimate of drug-likeness (QED) is 0.781. The second kappa shape index (κ2) is 3.96. The van der Waals surface area contributed by atoms with Gasteiger partial charge in [0.25, 0.3) is 0 Å². The van der Waals surface area contributed by atoms with Gasteiger partial charge in [0, 0.05) is 12.5 Å². The number of carbonyl (C=O) groups is 2.